The molecule has 2 rings (SSSR count). The standard InChI is InChI=1S/C16H30N6.HI/c1-13(2)21-11-14(3)15(12-21)20-16(17-4)18-7-5-9-22-10-6-8-19-22;/h6,8,10,13-15H,5,7,9,11-12H2,1-4H3,(H2,17,18,20);1H. The smallest absolute Gasteiger partial charge is 0.191 e. The molecule has 0 bridgehead atoms. The second-order valence-electron chi connectivity index (χ2n) is 6.40. The fraction of sp³-hybridized carbons (Fsp3) is 0.750. The number of nitrogens with one attached hydrogen (secondary N) is 2. The molecule has 0 amide bonds. The Labute approximate surface area is 157 Å². The fourth-order valence-corrected chi connectivity index (χ4v) is 2.86. The second kappa shape index (κ2) is 10.1. The summed E-state index contributed by atoms with van der Waals surface area (Å²) in [5.74, 6) is 1.55. The van der Waals surface area contributed by atoms with E-state index in [1.165, 1.54) is 0 Å². The zero-order chi connectivity index (χ0) is 15.9. The molecule has 2 unspecified atom stereocenters. The Bertz CT molecular complexity index is 459. The normalized spacial score (nSPS) is 22.2. The van der Waals surface area contributed by atoms with Crippen LogP contribution in [0.25, 0.3) is 0 Å². The highest BCUT2D eigenvalue weighted by atomic mass is 127. The molecule has 0 saturated carbocycles. The first-order valence-electron chi connectivity index (χ1n) is 8.28. The molecule has 0 aromatic carbocycles. The van der Waals surface area contributed by atoms with E-state index in [1.807, 2.05) is 30.2 Å². The maximum absolute atomic E-state index is 4.34. The first kappa shape index (κ1) is 20.2. The van der Waals surface area contributed by atoms with Crippen LogP contribution in [-0.2, 0) is 6.54 Å². The molecule has 6 nitrogen and oxygen atoms in total. The summed E-state index contributed by atoms with van der Waals surface area (Å²) in [6.45, 7) is 10.9. The van der Waals surface area contributed by atoms with Crippen molar-refractivity contribution >= 4 is 29.9 Å². The highest BCUT2D eigenvalue weighted by Gasteiger charge is 2.31. The van der Waals surface area contributed by atoms with Gasteiger partial charge in [-0.3, -0.25) is 14.6 Å². The van der Waals surface area contributed by atoms with Gasteiger partial charge >= 0.3 is 0 Å². The van der Waals surface area contributed by atoms with Crippen molar-refractivity contribution in [3.63, 3.8) is 0 Å². The van der Waals surface area contributed by atoms with Gasteiger partial charge in [-0.05, 0) is 32.3 Å². The lowest BCUT2D eigenvalue weighted by Crippen LogP contribution is -2.47. The number of halogens is 1. The Morgan fingerprint density at radius 2 is 2.17 bits per heavy atom. The van der Waals surface area contributed by atoms with Gasteiger partial charge < -0.3 is 10.6 Å². The van der Waals surface area contributed by atoms with E-state index in [1.54, 1.807) is 0 Å². The SMILES string of the molecule is CN=C(NCCCn1cccn1)NC1CN(C(C)C)CC1C.I. The van der Waals surface area contributed by atoms with Crippen molar-refractivity contribution in [3.05, 3.63) is 18.5 Å². The highest BCUT2D eigenvalue weighted by molar-refractivity contribution is 14.0. The number of guanidine groups is 1. The summed E-state index contributed by atoms with van der Waals surface area (Å²) in [7, 11) is 1.84. The molecular weight excluding hydrogens is 403 g/mol. The Kier molecular flexibility index (Phi) is 8.90. The number of aliphatic imine (C=N–C) groups is 1. The Morgan fingerprint density at radius 1 is 1.39 bits per heavy atom. The number of hydrogen-bond donors (Lipinski definition) is 2. The number of aryl methyl sites for hydroxylation is 1. The van der Waals surface area contributed by atoms with Gasteiger partial charge in [0.05, 0.1) is 0 Å². The van der Waals surface area contributed by atoms with Gasteiger partial charge in [0.1, 0.15) is 0 Å². The maximum Gasteiger partial charge on any atom is 0.191 e. The molecule has 23 heavy (non-hydrogen) atoms. The molecule has 7 heteroatoms. The summed E-state index contributed by atoms with van der Waals surface area (Å²) < 4.78 is 1.96. The summed E-state index contributed by atoms with van der Waals surface area (Å²) in [6, 6.07) is 3.04. The van der Waals surface area contributed by atoms with Gasteiger partial charge in [-0.25, -0.2) is 0 Å². The van der Waals surface area contributed by atoms with Gasteiger partial charge in [0.2, 0.25) is 0 Å². The van der Waals surface area contributed by atoms with Crippen LogP contribution in [0.4, 0.5) is 0 Å². The summed E-state index contributed by atoms with van der Waals surface area (Å²) in [5.41, 5.74) is 0. The van der Waals surface area contributed by atoms with Crippen LogP contribution < -0.4 is 10.6 Å². The third-order valence-corrected chi connectivity index (χ3v) is 4.33. The van der Waals surface area contributed by atoms with Crippen molar-refractivity contribution in [1.29, 1.82) is 0 Å². The number of likely N-dealkylation sites (tertiary alicyclic amines) is 1. The quantitative estimate of drug-likeness (QED) is 0.310. The maximum atomic E-state index is 4.34. The third-order valence-electron chi connectivity index (χ3n) is 4.33. The average Bonchev–Trinajstić information content (AvgIpc) is 3.12. The minimum absolute atomic E-state index is 0. The molecule has 1 saturated heterocycles. The first-order chi connectivity index (χ1) is 10.6. The minimum atomic E-state index is 0. The van der Waals surface area contributed by atoms with Crippen LogP contribution in [0.5, 0.6) is 0 Å². The zero-order valence-electron chi connectivity index (χ0n) is 14.7. The van der Waals surface area contributed by atoms with E-state index in [2.05, 4.69) is 46.4 Å². The Hall–Kier alpha value is -0.830. The van der Waals surface area contributed by atoms with Crippen LogP contribution in [0, 0.1) is 5.92 Å². The third kappa shape index (κ3) is 6.29. The molecule has 1 fully saturated rings. The average molecular weight is 434 g/mol. The monoisotopic (exact) mass is 434 g/mol. The Balaban J connectivity index is 0.00000264. The molecule has 2 atom stereocenters. The van der Waals surface area contributed by atoms with Gasteiger partial charge in [0.15, 0.2) is 5.96 Å². The molecule has 2 N–H and O–H groups in total. The molecule has 1 aromatic rings. The summed E-state index contributed by atoms with van der Waals surface area (Å²) in [6.07, 6.45) is 4.84. The molecule has 2 heterocycles. The van der Waals surface area contributed by atoms with Crippen molar-refractivity contribution in [1.82, 2.24) is 25.3 Å². The molecule has 0 radical (unpaired) electrons. The van der Waals surface area contributed by atoms with Crippen molar-refractivity contribution in [3.8, 4) is 0 Å². The van der Waals surface area contributed by atoms with E-state index in [4.69, 9.17) is 0 Å². The van der Waals surface area contributed by atoms with Gasteiger partial charge in [0.25, 0.3) is 0 Å². The number of nitrogens with zero attached hydrogens (tertiary/aromatic N) is 4. The lowest BCUT2D eigenvalue weighted by molar-refractivity contribution is 0.265. The van der Waals surface area contributed by atoms with Gasteiger partial charge in [-0.2, -0.15) is 5.10 Å². The minimum Gasteiger partial charge on any atom is -0.356 e. The van der Waals surface area contributed by atoms with Crippen LogP contribution >= 0.6 is 24.0 Å². The van der Waals surface area contributed by atoms with Crippen LogP contribution in [0.1, 0.15) is 27.2 Å². The number of rotatable bonds is 6. The molecule has 132 valence electrons. The van der Waals surface area contributed by atoms with Crippen molar-refractivity contribution in [2.45, 2.75) is 45.8 Å². The molecule has 1 aliphatic rings. The molecular formula is C16H31IN6. The van der Waals surface area contributed by atoms with Crippen LogP contribution in [0.2, 0.25) is 0 Å². The predicted octanol–water partition coefficient (Wildman–Crippen LogP) is 1.78. The second-order valence-corrected chi connectivity index (χ2v) is 6.40. The van der Waals surface area contributed by atoms with Gasteiger partial charge in [-0.15, -0.1) is 24.0 Å². The van der Waals surface area contributed by atoms with Crippen molar-refractivity contribution in [2.75, 3.05) is 26.7 Å². The molecule has 0 spiro atoms. The summed E-state index contributed by atoms with van der Waals surface area (Å²) in [5, 5.41) is 11.2. The zero-order valence-corrected chi connectivity index (χ0v) is 17.0. The van der Waals surface area contributed by atoms with E-state index in [0.29, 0.717) is 18.0 Å². The molecule has 0 aliphatic carbocycles. The summed E-state index contributed by atoms with van der Waals surface area (Å²) >= 11 is 0. The van der Waals surface area contributed by atoms with Crippen molar-refractivity contribution in [2.24, 2.45) is 10.9 Å². The predicted molar refractivity (Wildman–Crippen MR) is 106 cm³/mol. The van der Waals surface area contributed by atoms with E-state index >= 15 is 0 Å². The topological polar surface area (TPSA) is 57.5 Å². The van der Waals surface area contributed by atoms with E-state index in [9.17, 15) is 0 Å². The highest BCUT2D eigenvalue weighted by Crippen LogP contribution is 2.18. The fourth-order valence-electron chi connectivity index (χ4n) is 2.86. The summed E-state index contributed by atoms with van der Waals surface area (Å²) in [4.78, 5) is 6.87. The van der Waals surface area contributed by atoms with Gasteiger partial charge in [0, 0.05) is 57.7 Å². The Morgan fingerprint density at radius 3 is 2.74 bits per heavy atom. The van der Waals surface area contributed by atoms with Crippen molar-refractivity contribution < 1.29 is 0 Å². The lowest BCUT2D eigenvalue weighted by atomic mass is 10.1. The van der Waals surface area contributed by atoms with E-state index in [-0.39, 0.29) is 24.0 Å². The largest absolute Gasteiger partial charge is 0.356 e. The van der Waals surface area contributed by atoms with Crippen LogP contribution in [0.15, 0.2) is 23.5 Å². The lowest BCUT2D eigenvalue weighted by Gasteiger charge is -2.22. The van der Waals surface area contributed by atoms with Crippen LogP contribution in [0.3, 0.4) is 0 Å². The van der Waals surface area contributed by atoms with E-state index < -0.39 is 0 Å². The number of aromatic nitrogens is 2. The van der Waals surface area contributed by atoms with Gasteiger partial charge in [-0.1, -0.05) is 6.92 Å². The number of hydrogen-bond acceptors (Lipinski definition) is 3. The molecule has 1 aliphatic heterocycles. The first-order valence-corrected chi connectivity index (χ1v) is 8.28. The van der Waals surface area contributed by atoms with Crippen LogP contribution in [-0.4, -0.2) is 59.4 Å². The van der Waals surface area contributed by atoms with E-state index in [0.717, 1.165) is 38.6 Å². The molecule has 1 aromatic heterocycles.